The number of alkyl halides is 3. The van der Waals surface area contributed by atoms with E-state index >= 15 is 0 Å². The summed E-state index contributed by atoms with van der Waals surface area (Å²) in [5, 5.41) is 7.52. The SMILES string of the molecule is CS(=O)(=O)Oc1cn(CCCCc2ccc(OCc3coc(C=Cc4ccc(C(F)(F)F)cc4)n3)cc2)nn1. The summed E-state index contributed by atoms with van der Waals surface area (Å²) < 4.78 is 77.6. The number of oxazole rings is 1. The van der Waals surface area contributed by atoms with Gasteiger partial charge in [0.25, 0.3) is 5.88 Å². The largest absolute Gasteiger partial charge is 0.487 e. The highest BCUT2D eigenvalue weighted by atomic mass is 32.2. The van der Waals surface area contributed by atoms with Crippen LogP contribution in [0.2, 0.25) is 0 Å². The van der Waals surface area contributed by atoms with Gasteiger partial charge in [0.15, 0.2) is 0 Å². The van der Waals surface area contributed by atoms with E-state index in [4.69, 9.17) is 9.15 Å². The van der Waals surface area contributed by atoms with Crippen molar-refractivity contribution in [2.75, 3.05) is 6.26 Å². The Morgan fingerprint density at radius 2 is 1.77 bits per heavy atom. The minimum atomic E-state index is -4.37. The Labute approximate surface area is 223 Å². The van der Waals surface area contributed by atoms with Crippen LogP contribution < -0.4 is 8.92 Å². The zero-order chi connectivity index (χ0) is 27.9. The second-order valence-corrected chi connectivity index (χ2v) is 10.2. The van der Waals surface area contributed by atoms with Crippen LogP contribution in [0.1, 0.15) is 41.1 Å². The number of aryl methyl sites for hydroxylation is 2. The van der Waals surface area contributed by atoms with Crippen molar-refractivity contribution >= 4 is 22.3 Å². The molecule has 0 aliphatic rings. The second kappa shape index (κ2) is 12.2. The molecule has 4 rings (SSSR count). The van der Waals surface area contributed by atoms with Crippen LogP contribution in [0, 0.1) is 0 Å². The molecule has 0 spiro atoms. The topological polar surface area (TPSA) is 109 Å². The van der Waals surface area contributed by atoms with Crippen molar-refractivity contribution in [3.05, 3.63) is 89.3 Å². The van der Waals surface area contributed by atoms with E-state index in [1.165, 1.54) is 29.3 Å². The van der Waals surface area contributed by atoms with Gasteiger partial charge < -0.3 is 13.3 Å². The molecule has 0 atom stereocenters. The van der Waals surface area contributed by atoms with Gasteiger partial charge in [0.1, 0.15) is 24.3 Å². The molecule has 4 aromatic rings. The minimum absolute atomic E-state index is 0.0513. The van der Waals surface area contributed by atoms with Gasteiger partial charge in [-0.1, -0.05) is 34.6 Å². The van der Waals surface area contributed by atoms with Gasteiger partial charge in [-0.05, 0) is 60.7 Å². The molecule has 0 unspecified atom stereocenters. The van der Waals surface area contributed by atoms with E-state index in [0.717, 1.165) is 43.2 Å². The van der Waals surface area contributed by atoms with Crippen molar-refractivity contribution in [3.8, 4) is 11.6 Å². The molecule has 0 saturated heterocycles. The lowest BCUT2D eigenvalue weighted by Gasteiger charge is -2.06. The van der Waals surface area contributed by atoms with Gasteiger partial charge in [-0.3, -0.25) is 0 Å². The summed E-state index contributed by atoms with van der Waals surface area (Å²) in [6, 6.07) is 12.5. The number of benzene rings is 2. The lowest BCUT2D eigenvalue weighted by molar-refractivity contribution is -0.137. The van der Waals surface area contributed by atoms with Crippen molar-refractivity contribution in [2.45, 2.75) is 38.6 Å². The smallest absolute Gasteiger partial charge is 0.416 e. The summed E-state index contributed by atoms with van der Waals surface area (Å²) in [5.74, 6) is 0.933. The molecular formula is C26H25F3N4O5S. The summed E-state index contributed by atoms with van der Waals surface area (Å²) in [4.78, 5) is 4.30. The van der Waals surface area contributed by atoms with Gasteiger partial charge in [0, 0.05) is 12.6 Å². The van der Waals surface area contributed by atoms with Crippen LogP contribution in [0.15, 0.2) is 65.4 Å². The monoisotopic (exact) mass is 562 g/mol. The van der Waals surface area contributed by atoms with Gasteiger partial charge in [0.05, 0.1) is 18.0 Å². The number of hydrogen-bond donors (Lipinski definition) is 0. The Morgan fingerprint density at radius 1 is 1.03 bits per heavy atom. The van der Waals surface area contributed by atoms with E-state index < -0.39 is 21.9 Å². The molecule has 0 saturated carbocycles. The van der Waals surface area contributed by atoms with Crippen molar-refractivity contribution in [2.24, 2.45) is 0 Å². The lowest BCUT2D eigenvalue weighted by Crippen LogP contribution is -2.05. The maximum atomic E-state index is 12.7. The molecule has 2 aromatic heterocycles. The molecule has 39 heavy (non-hydrogen) atoms. The molecule has 0 aliphatic carbocycles. The average molecular weight is 563 g/mol. The summed E-state index contributed by atoms with van der Waals surface area (Å²) in [6.45, 7) is 0.778. The van der Waals surface area contributed by atoms with Crippen LogP contribution >= 0.6 is 0 Å². The van der Waals surface area contributed by atoms with Crippen LogP contribution in [-0.4, -0.2) is 34.7 Å². The van der Waals surface area contributed by atoms with Crippen molar-refractivity contribution in [1.29, 1.82) is 0 Å². The molecule has 0 N–H and O–H groups in total. The van der Waals surface area contributed by atoms with E-state index in [0.29, 0.717) is 29.4 Å². The average Bonchev–Trinajstić information content (AvgIpc) is 3.53. The van der Waals surface area contributed by atoms with E-state index in [2.05, 4.69) is 19.5 Å². The maximum absolute atomic E-state index is 12.7. The van der Waals surface area contributed by atoms with Gasteiger partial charge in [-0.25, -0.2) is 9.67 Å². The third-order valence-electron chi connectivity index (χ3n) is 5.39. The number of hydrogen-bond acceptors (Lipinski definition) is 8. The van der Waals surface area contributed by atoms with Crippen LogP contribution in [0.25, 0.3) is 12.2 Å². The molecule has 9 nitrogen and oxygen atoms in total. The molecule has 0 radical (unpaired) electrons. The number of halogens is 3. The van der Waals surface area contributed by atoms with E-state index in [1.807, 2.05) is 24.3 Å². The van der Waals surface area contributed by atoms with Crippen molar-refractivity contribution < 1.29 is 34.9 Å². The van der Waals surface area contributed by atoms with Gasteiger partial charge >= 0.3 is 16.3 Å². The lowest BCUT2D eigenvalue weighted by atomic mass is 10.1. The number of ether oxygens (including phenoxy) is 1. The highest BCUT2D eigenvalue weighted by Gasteiger charge is 2.29. The molecule has 0 fully saturated rings. The predicted molar refractivity (Wildman–Crippen MR) is 136 cm³/mol. The van der Waals surface area contributed by atoms with Crippen LogP contribution in [0.4, 0.5) is 13.2 Å². The maximum Gasteiger partial charge on any atom is 0.416 e. The van der Waals surface area contributed by atoms with Crippen molar-refractivity contribution in [3.63, 3.8) is 0 Å². The molecule has 13 heteroatoms. The predicted octanol–water partition coefficient (Wildman–Crippen LogP) is 5.40. The first-order chi connectivity index (χ1) is 18.5. The van der Waals surface area contributed by atoms with Crippen LogP contribution in [0.3, 0.4) is 0 Å². The molecule has 0 aliphatic heterocycles. The van der Waals surface area contributed by atoms with Crippen LogP contribution in [-0.2, 0) is 35.9 Å². The quantitative estimate of drug-likeness (QED) is 0.167. The highest BCUT2D eigenvalue weighted by Crippen LogP contribution is 2.29. The van der Waals surface area contributed by atoms with Crippen LogP contribution in [0.5, 0.6) is 11.6 Å². The van der Waals surface area contributed by atoms with Crippen molar-refractivity contribution in [1.82, 2.24) is 20.0 Å². The summed E-state index contributed by atoms with van der Waals surface area (Å²) in [6.07, 6.45) is 5.24. The molecule has 206 valence electrons. The zero-order valence-electron chi connectivity index (χ0n) is 20.8. The molecule has 0 bridgehead atoms. The normalized spacial score (nSPS) is 12.2. The Morgan fingerprint density at radius 3 is 2.46 bits per heavy atom. The van der Waals surface area contributed by atoms with E-state index in [-0.39, 0.29) is 12.5 Å². The van der Waals surface area contributed by atoms with Gasteiger partial charge in [0.2, 0.25) is 5.89 Å². The number of rotatable bonds is 12. The number of aromatic nitrogens is 4. The fraction of sp³-hybridized carbons (Fsp3) is 0.269. The van der Waals surface area contributed by atoms with Gasteiger partial charge in [-0.2, -0.15) is 21.6 Å². The summed E-state index contributed by atoms with van der Waals surface area (Å²) in [5.41, 5.74) is 1.60. The molecule has 2 aromatic carbocycles. The first kappa shape index (κ1) is 27.9. The minimum Gasteiger partial charge on any atom is -0.487 e. The number of nitrogens with zero attached hydrogens (tertiary/aromatic N) is 4. The second-order valence-electron chi connectivity index (χ2n) is 8.63. The fourth-order valence-corrected chi connectivity index (χ4v) is 3.90. The summed E-state index contributed by atoms with van der Waals surface area (Å²) >= 11 is 0. The first-order valence-corrected chi connectivity index (χ1v) is 13.7. The third kappa shape index (κ3) is 8.99. The highest BCUT2D eigenvalue weighted by molar-refractivity contribution is 7.86. The Bertz CT molecular complexity index is 1500. The first-order valence-electron chi connectivity index (χ1n) is 11.8. The third-order valence-corrected chi connectivity index (χ3v) is 5.87. The Balaban J connectivity index is 1.18. The van der Waals surface area contributed by atoms with Gasteiger partial charge in [-0.15, -0.1) is 0 Å². The standard InChI is InChI=1S/C26H25F3N4O5S/c1-39(34,35)38-25-16-33(32-31-25)15-3-2-4-19-7-12-23(13-8-19)36-17-22-18-37-24(30-22)14-9-20-5-10-21(11-6-20)26(27,28)29/h5-14,16,18H,2-4,15,17H2,1H3. The summed E-state index contributed by atoms with van der Waals surface area (Å²) in [7, 11) is -3.63. The van der Waals surface area contributed by atoms with E-state index in [9.17, 15) is 21.6 Å². The Hall–Kier alpha value is -4.13. The number of unbranched alkanes of at least 4 members (excludes halogenated alkanes) is 1. The van der Waals surface area contributed by atoms with E-state index in [1.54, 1.807) is 12.2 Å². The fourth-order valence-electron chi connectivity index (χ4n) is 3.51. The molecule has 2 heterocycles. The molecule has 0 amide bonds. The molecular weight excluding hydrogens is 537 g/mol. The zero-order valence-corrected chi connectivity index (χ0v) is 21.7. The Kier molecular flexibility index (Phi) is 8.69.